The molecule has 1 saturated heterocycles. The molecule has 0 aromatic heterocycles. The highest BCUT2D eigenvalue weighted by Gasteiger charge is 2.29. The predicted molar refractivity (Wildman–Crippen MR) is 77.9 cm³/mol. The topological polar surface area (TPSA) is 127 Å². The van der Waals surface area contributed by atoms with E-state index < -0.39 is 24.0 Å². The summed E-state index contributed by atoms with van der Waals surface area (Å²) in [5.74, 6) is -1.22. The van der Waals surface area contributed by atoms with Crippen LogP contribution in [0.5, 0.6) is 0 Å². The minimum absolute atomic E-state index is 0.0397. The fourth-order valence-electron chi connectivity index (χ4n) is 1.92. The molecule has 0 saturated carbocycles. The molecule has 0 radical (unpaired) electrons. The van der Waals surface area contributed by atoms with E-state index in [-0.39, 0.29) is 36.7 Å². The van der Waals surface area contributed by atoms with E-state index in [9.17, 15) is 19.2 Å². The van der Waals surface area contributed by atoms with E-state index in [4.69, 9.17) is 10.8 Å². The minimum Gasteiger partial charge on any atom is -0.480 e. The zero-order valence-corrected chi connectivity index (χ0v) is 12.6. The third-order valence-electron chi connectivity index (χ3n) is 3.31. The van der Waals surface area contributed by atoms with Crippen LogP contribution in [0.15, 0.2) is 0 Å². The summed E-state index contributed by atoms with van der Waals surface area (Å²) in [5.41, 5.74) is 5.33. The number of carbonyl (C=O) groups excluding carboxylic acids is 3. The summed E-state index contributed by atoms with van der Waals surface area (Å²) in [6.45, 7) is 1.42. The first kappa shape index (κ1) is 17.6. The van der Waals surface area contributed by atoms with Crippen LogP contribution in [0.3, 0.4) is 0 Å². The predicted octanol–water partition coefficient (Wildman–Crippen LogP) is -0.425. The minimum atomic E-state index is -1.14. The number of carbonyl (C=O) groups is 4. The Labute approximate surface area is 127 Å². The fourth-order valence-corrected chi connectivity index (χ4v) is 3.17. The van der Waals surface area contributed by atoms with Crippen molar-refractivity contribution in [2.45, 2.75) is 38.3 Å². The van der Waals surface area contributed by atoms with Crippen molar-refractivity contribution in [3.05, 3.63) is 0 Å². The number of rotatable bonds is 7. The van der Waals surface area contributed by atoms with E-state index in [2.05, 4.69) is 5.32 Å². The van der Waals surface area contributed by atoms with Crippen molar-refractivity contribution in [2.24, 2.45) is 11.7 Å². The van der Waals surface area contributed by atoms with Crippen LogP contribution < -0.4 is 11.1 Å². The van der Waals surface area contributed by atoms with Gasteiger partial charge in [-0.25, -0.2) is 0 Å². The summed E-state index contributed by atoms with van der Waals surface area (Å²) in [4.78, 5) is 45.6. The van der Waals surface area contributed by atoms with Crippen molar-refractivity contribution in [1.82, 2.24) is 5.32 Å². The number of Topliss-reactive ketones (excluding diaryl/α,β-unsaturated/α-hetero) is 2. The second-order valence-electron chi connectivity index (χ2n) is 5.13. The summed E-state index contributed by atoms with van der Waals surface area (Å²) in [6, 6.07) is -1.56. The molecule has 118 valence electrons. The van der Waals surface area contributed by atoms with E-state index in [0.717, 1.165) is 0 Å². The van der Waals surface area contributed by atoms with Crippen LogP contribution in [0.4, 0.5) is 0 Å². The summed E-state index contributed by atoms with van der Waals surface area (Å²) in [5, 5.41) is 11.3. The number of aliphatic carboxylic acids is 1. The van der Waals surface area contributed by atoms with Gasteiger partial charge in [0.25, 0.3) is 0 Å². The number of thioether (sulfide) groups is 1. The maximum Gasteiger partial charge on any atom is 0.320 e. The molecule has 0 aliphatic carbocycles. The van der Waals surface area contributed by atoms with Crippen molar-refractivity contribution < 1.29 is 24.3 Å². The van der Waals surface area contributed by atoms with Crippen molar-refractivity contribution in [3.8, 4) is 0 Å². The molecule has 7 nitrogen and oxygen atoms in total. The molecule has 0 spiro atoms. The van der Waals surface area contributed by atoms with Gasteiger partial charge in [-0.2, -0.15) is 11.8 Å². The Morgan fingerprint density at radius 1 is 1.43 bits per heavy atom. The normalized spacial score (nSPS) is 23.8. The lowest BCUT2D eigenvalue weighted by atomic mass is 9.99. The third-order valence-corrected chi connectivity index (χ3v) is 4.51. The summed E-state index contributed by atoms with van der Waals surface area (Å²) < 4.78 is 0. The van der Waals surface area contributed by atoms with E-state index in [1.165, 1.54) is 18.7 Å². The smallest absolute Gasteiger partial charge is 0.320 e. The zero-order chi connectivity index (χ0) is 16.0. The Kier molecular flexibility index (Phi) is 6.83. The lowest BCUT2D eigenvalue weighted by Crippen LogP contribution is -2.42. The molecule has 0 aromatic carbocycles. The average Bonchev–Trinajstić information content (AvgIpc) is 2.58. The molecule has 1 rings (SSSR count). The van der Waals surface area contributed by atoms with E-state index in [1.807, 2.05) is 0 Å². The van der Waals surface area contributed by atoms with Gasteiger partial charge in [-0.05, 0) is 13.3 Å². The first-order valence-corrected chi connectivity index (χ1v) is 7.85. The second-order valence-corrected chi connectivity index (χ2v) is 6.21. The Morgan fingerprint density at radius 2 is 2.10 bits per heavy atom. The van der Waals surface area contributed by atoms with Crippen LogP contribution in [-0.4, -0.2) is 52.1 Å². The molecule has 3 atom stereocenters. The number of nitrogens with one attached hydrogen (secondary N) is 1. The van der Waals surface area contributed by atoms with Gasteiger partial charge in [0.2, 0.25) is 5.91 Å². The molecule has 0 bridgehead atoms. The van der Waals surface area contributed by atoms with Crippen molar-refractivity contribution in [3.63, 3.8) is 0 Å². The van der Waals surface area contributed by atoms with E-state index >= 15 is 0 Å². The van der Waals surface area contributed by atoms with Crippen LogP contribution >= 0.6 is 11.8 Å². The van der Waals surface area contributed by atoms with Crippen molar-refractivity contribution in [2.75, 3.05) is 11.5 Å². The summed E-state index contributed by atoms with van der Waals surface area (Å²) in [6.07, 6.45) is 0.152. The van der Waals surface area contributed by atoms with Crippen molar-refractivity contribution in [1.29, 1.82) is 0 Å². The molecule has 4 N–H and O–H groups in total. The number of carboxylic acids is 1. The maximum absolute atomic E-state index is 12.0. The lowest BCUT2D eigenvalue weighted by Gasteiger charge is -2.14. The van der Waals surface area contributed by atoms with Crippen LogP contribution in [0.2, 0.25) is 0 Å². The number of ketones is 2. The van der Waals surface area contributed by atoms with Gasteiger partial charge >= 0.3 is 5.97 Å². The first-order chi connectivity index (χ1) is 9.81. The van der Waals surface area contributed by atoms with Gasteiger partial charge < -0.3 is 16.2 Å². The van der Waals surface area contributed by atoms with Crippen molar-refractivity contribution >= 4 is 35.2 Å². The number of carboxylic acid groups (broad SMARTS) is 1. The second kappa shape index (κ2) is 8.14. The number of hydrogen-bond acceptors (Lipinski definition) is 6. The van der Waals surface area contributed by atoms with E-state index in [1.54, 1.807) is 0 Å². The molecule has 1 amide bonds. The largest absolute Gasteiger partial charge is 0.480 e. The molecule has 8 heteroatoms. The van der Waals surface area contributed by atoms with Gasteiger partial charge in [-0.1, -0.05) is 0 Å². The van der Waals surface area contributed by atoms with Gasteiger partial charge in [0.1, 0.15) is 11.8 Å². The Morgan fingerprint density at radius 3 is 2.67 bits per heavy atom. The number of nitrogens with two attached hydrogens (primary N) is 1. The molecule has 1 fully saturated rings. The Bertz CT molecular complexity index is 440. The van der Waals surface area contributed by atoms with E-state index in [0.29, 0.717) is 11.5 Å². The SMILES string of the molecule is CC(=O)[C@@H]1CSC[C@H](CC(=O)CC[C@H](N)C(=O)O)C(=O)N1. The van der Waals surface area contributed by atoms with Gasteiger partial charge in [-0.3, -0.25) is 19.2 Å². The highest BCUT2D eigenvalue weighted by molar-refractivity contribution is 7.99. The summed E-state index contributed by atoms with van der Waals surface area (Å²) in [7, 11) is 0. The first-order valence-electron chi connectivity index (χ1n) is 6.70. The highest BCUT2D eigenvalue weighted by atomic mass is 32.2. The van der Waals surface area contributed by atoms with Gasteiger partial charge in [0.05, 0.1) is 12.0 Å². The standard InChI is InChI=1S/C13H20N2O5S/c1-7(16)11-6-21-5-8(12(18)15-11)4-9(17)2-3-10(14)13(19)20/h8,10-11H,2-6,14H2,1H3,(H,15,18)(H,19,20)/t8-,10-,11-/m0/s1. The molecule has 1 aliphatic rings. The summed E-state index contributed by atoms with van der Waals surface area (Å²) >= 11 is 1.46. The molecule has 0 aromatic rings. The van der Waals surface area contributed by atoms with Gasteiger partial charge in [0, 0.05) is 24.3 Å². The van der Waals surface area contributed by atoms with Gasteiger partial charge in [0.15, 0.2) is 5.78 Å². The van der Waals surface area contributed by atoms with Gasteiger partial charge in [-0.15, -0.1) is 0 Å². The van der Waals surface area contributed by atoms with Crippen LogP contribution in [-0.2, 0) is 19.2 Å². The molecule has 1 heterocycles. The lowest BCUT2D eigenvalue weighted by molar-refractivity contribution is -0.138. The molecular formula is C13H20N2O5S. The highest BCUT2D eigenvalue weighted by Crippen LogP contribution is 2.19. The van der Waals surface area contributed by atoms with Crippen LogP contribution in [0, 0.1) is 5.92 Å². The molecule has 21 heavy (non-hydrogen) atoms. The quantitative estimate of drug-likeness (QED) is 0.582. The number of hydrogen-bond donors (Lipinski definition) is 3. The Balaban J connectivity index is 2.46. The average molecular weight is 316 g/mol. The van der Waals surface area contributed by atoms with Crippen LogP contribution in [0.1, 0.15) is 26.2 Å². The number of amides is 1. The molecule has 1 aliphatic heterocycles. The van der Waals surface area contributed by atoms with Crippen LogP contribution in [0.25, 0.3) is 0 Å². The molecular weight excluding hydrogens is 296 g/mol. The Hall–Kier alpha value is -1.41. The molecule has 0 unspecified atom stereocenters. The third kappa shape index (κ3) is 5.84. The zero-order valence-electron chi connectivity index (χ0n) is 11.8. The fraction of sp³-hybridized carbons (Fsp3) is 0.692. The maximum atomic E-state index is 12.0. The monoisotopic (exact) mass is 316 g/mol.